The Morgan fingerprint density at radius 1 is 1.19 bits per heavy atom. The van der Waals surface area contributed by atoms with Gasteiger partial charge in [0.1, 0.15) is 10.8 Å². The van der Waals surface area contributed by atoms with Crippen molar-refractivity contribution >= 4 is 34.6 Å². The second-order valence-corrected chi connectivity index (χ2v) is 7.84. The Bertz CT molecular complexity index is 660. The number of nitrogens with zero attached hydrogens (tertiary/aromatic N) is 3. The van der Waals surface area contributed by atoms with Gasteiger partial charge in [-0.25, -0.2) is 4.98 Å². The third-order valence-electron chi connectivity index (χ3n) is 5.08. The number of thiocarbonyl (C=S) groups is 1. The first-order chi connectivity index (χ1) is 12.8. The molecule has 0 atom stereocenters. The van der Waals surface area contributed by atoms with Crippen molar-refractivity contribution in [1.82, 2.24) is 9.88 Å². The van der Waals surface area contributed by atoms with Crippen molar-refractivity contribution < 1.29 is 17.9 Å². The highest BCUT2D eigenvalue weighted by atomic mass is 35.5. The van der Waals surface area contributed by atoms with E-state index in [-0.39, 0.29) is 5.02 Å². The van der Waals surface area contributed by atoms with Gasteiger partial charge in [-0.3, -0.25) is 0 Å². The lowest BCUT2D eigenvalue weighted by molar-refractivity contribution is -0.137. The van der Waals surface area contributed by atoms with Crippen LogP contribution in [0.25, 0.3) is 0 Å². The standard InChI is InChI=1S/C18H23ClF3N3OS/c19-15-10-13(18(20,21)22)11-23-17(15)25-8-6-24(7-9-25)16(27)12-26-14-4-2-1-3-5-14/h10-11,14H,1-9,12H2. The third kappa shape index (κ3) is 5.45. The molecule has 1 saturated carbocycles. The van der Waals surface area contributed by atoms with Gasteiger partial charge in [0.2, 0.25) is 0 Å². The number of rotatable bonds is 4. The Morgan fingerprint density at radius 3 is 2.44 bits per heavy atom. The summed E-state index contributed by atoms with van der Waals surface area (Å²) in [5.41, 5.74) is -0.837. The van der Waals surface area contributed by atoms with Crippen LogP contribution in [0.4, 0.5) is 19.0 Å². The molecule has 4 nitrogen and oxygen atoms in total. The van der Waals surface area contributed by atoms with Crippen molar-refractivity contribution in [3.8, 4) is 0 Å². The van der Waals surface area contributed by atoms with E-state index in [1.54, 1.807) is 0 Å². The molecule has 27 heavy (non-hydrogen) atoms. The number of anilines is 1. The van der Waals surface area contributed by atoms with Crippen molar-refractivity contribution in [3.05, 3.63) is 22.8 Å². The zero-order valence-electron chi connectivity index (χ0n) is 15.0. The molecule has 2 fully saturated rings. The highest BCUT2D eigenvalue weighted by Crippen LogP contribution is 2.33. The van der Waals surface area contributed by atoms with E-state index in [1.807, 2.05) is 4.90 Å². The molecular weight excluding hydrogens is 399 g/mol. The Morgan fingerprint density at radius 2 is 1.85 bits per heavy atom. The fourth-order valence-corrected chi connectivity index (χ4v) is 4.03. The second-order valence-electron chi connectivity index (χ2n) is 6.97. The average molecular weight is 422 g/mol. The molecule has 150 valence electrons. The van der Waals surface area contributed by atoms with E-state index in [1.165, 1.54) is 19.3 Å². The lowest BCUT2D eigenvalue weighted by Gasteiger charge is -2.37. The van der Waals surface area contributed by atoms with Crippen LogP contribution in [0.2, 0.25) is 5.02 Å². The number of alkyl halides is 3. The van der Waals surface area contributed by atoms with Crippen molar-refractivity contribution in [2.45, 2.75) is 44.4 Å². The molecule has 9 heteroatoms. The summed E-state index contributed by atoms with van der Waals surface area (Å²) in [6.07, 6.45) is 2.63. The number of hydrogen-bond donors (Lipinski definition) is 0. The maximum atomic E-state index is 12.7. The molecule has 1 aliphatic carbocycles. The quantitative estimate of drug-likeness (QED) is 0.665. The van der Waals surface area contributed by atoms with Gasteiger partial charge >= 0.3 is 6.18 Å². The van der Waals surface area contributed by atoms with E-state index >= 15 is 0 Å². The first-order valence-corrected chi connectivity index (χ1v) is 10.0. The van der Waals surface area contributed by atoms with Gasteiger partial charge in [-0.15, -0.1) is 0 Å². The number of piperazine rings is 1. The Kier molecular flexibility index (Phi) is 6.81. The Hall–Kier alpha value is -1.12. The highest BCUT2D eigenvalue weighted by molar-refractivity contribution is 7.80. The van der Waals surface area contributed by atoms with Crippen LogP contribution in [0.5, 0.6) is 0 Å². The summed E-state index contributed by atoms with van der Waals surface area (Å²) in [5, 5.41) is 0.0153. The number of pyridine rings is 1. The van der Waals surface area contributed by atoms with Crippen LogP contribution in [0.1, 0.15) is 37.7 Å². The first-order valence-electron chi connectivity index (χ1n) is 9.21. The van der Waals surface area contributed by atoms with Crippen LogP contribution in [-0.2, 0) is 10.9 Å². The smallest absolute Gasteiger partial charge is 0.371 e. The van der Waals surface area contributed by atoms with Crippen LogP contribution in [-0.4, -0.2) is 53.8 Å². The van der Waals surface area contributed by atoms with E-state index in [9.17, 15) is 13.2 Å². The van der Waals surface area contributed by atoms with Crippen molar-refractivity contribution in [2.75, 3.05) is 37.7 Å². The van der Waals surface area contributed by atoms with Crippen LogP contribution in [0, 0.1) is 0 Å². The molecule has 0 radical (unpaired) electrons. The first kappa shape index (κ1) is 20.6. The van der Waals surface area contributed by atoms with Gasteiger partial charge in [0, 0.05) is 32.4 Å². The summed E-state index contributed by atoms with van der Waals surface area (Å²) >= 11 is 11.5. The lowest BCUT2D eigenvalue weighted by atomic mass is 9.98. The lowest BCUT2D eigenvalue weighted by Crippen LogP contribution is -2.49. The fraction of sp³-hybridized carbons (Fsp3) is 0.667. The second kappa shape index (κ2) is 8.92. The number of hydrogen-bond acceptors (Lipinski definition) is 4. The van der Waals surface area contributed by atoms with Crippen LogP contribution in [0.15, 0.2) is 12.3 Å². The van der Waals surface area contributed by atoms with Gasteiger partial charge in [-0.2, -0.15) is 13.2 Å². The van der Waals surface area contributed by atoms with Gasteiger partial charge in [0.05, 0.1) is 23.3 Å². The van der Waals surface area contributed by atoms with Gasteiger partial charge in [-0.1, -0.05) is 43.1 Å². The monoisotopic (exact) mass is 421 g/mol. The minimum absolute atomic E-state index is 0.0153. The average Bonchev–Trinajstić information content (AvgIpc) is 2.66. The van der Waals surface area contributed by atoms with E-state index in [0.717, 1.165) is 30.1 Å². The van der Waals surface area contributed by atoms with Crippen molar-refractivity contribution in [1.29, 1.82) is 0 Å². The van der Waals surface area contributed by atoms with Gasteiger partial charge < -0.3 is 14.5 Å². The molecule has 0 bridgehead atoms. The summed E-state index contributed by atoms with van der Waals surface area (Å²) in [6.45, 7) is 3.00. The number of ether oxygens (including phenoxy) is 1. The summed E-state index contributed by atoms with van der Waals surface area (Å²) in [5.74, 6) is 0.383. The molecule has 1 aromatic rings. The summed E-state index contributed by atoms with van der Waals surface area (Å²) in [6, 6.07) is 0.929. The number of aromatic nitrogens is 1. The zero-order valence-corrected chi connectivity index (χ0v) is 16.5. The summed E-state index contributed by atoms with van der Waals surface area (Å²) in [4.78, 5) is 8.70. The summed E-state index contributed by atoms with van der Waals surface area (Å²) < 4.78 is 44.2. The van der Waals surface area contributed by atoms with E-state index in [0.29, 0.717) is 44.7 Å². The van der Waals surface area contributed by atoms with Crippen molar-refractivity contribution in [2.24, 2.45) is 0 Å². The predicted octanol–water partition coefficient (Wildman–Crippen LogP) is 4.55. The van der Waals surface area contributed by atoms with Gasteiger partial charge in [-0.05, 0) is 18.9 Å². The topological polar surface area (TPSA) is 28.6 Å². The van der Waals surface area contributed by atoms with Crippen LogP contribution in [0.3, 0.4) is 0 Å². The maximum Gasteiger partial charge on any atom is 0.417 e. The van der Waals surface area contributed by atoms with E-state index in [4.69, 9.17) is 28.6 Å². The molecule has 1 aromatic heterocycles. The van der Waals surface area contributed by atoms with Crippen molar-refractivity contribution in [3.63, 3.8) is 0 Å². The molecule has 1 saturated heterocycles. The largest absolute Gasteiger partial charge is 0.417 e. The molecular formula is C18H23ClF3N3OS. The van der Waals surface area contributed by atoms with E-state index in [2.05, 4.69) is 9.88 Å². The minimum Gasteiger partial charge on any atom is -0.371 e. The summed E-state index contributed by atoms with van der Waals surface area (Å²) in [7, 11) is 0. The molecule has 1 aliphatic heterocycles. The highest BCUT2D eigenvalue weighted by Gasteiger charge is 2.32. The van der Waals surface area contributed by atoms with Crippen LogP contribution < -0.4 is 4.90 Å². The maximum absolute atomic E-state index is 12.7. The molecule has 0 unspecified atom stereocenters. The molecule has 2 aliphatic rings. The molecule has 0 aromatic carbocycles. The Labute approximate surface area is 167 Å². The SMILES string of the molecule is FC(F)(F)c1cnc(N2CCN(C(=S)COC3CCCCC3)CC2)c(Cl)c1. The van der Waals surface area contributed by atoms with Crippen LogP contribution >= 0.6 is 23.8 Å². The molecule has 0 amide bonds. The minimum atomic E-state index is -4.45. The molecule has 3 rings (SSSR count). The van der Waals surface area contributed by atoms with Gasteiger partial charge in [0.25, 0.3) is 0 Å². The van der Waals surface area contributed by atoms with Gasteiger partial charge in [0.15, 0.2) is 0 Å². The normalized spacial score (nSPS) is 19.4. The molecule has 0 N–H and O–H groups in total. The zero-order chi connectivity index (χ0) is 19.4. The predicted molar refractivity (Wildman–Crippen MR) is 103 cm³/mol. The molecule has 0 spiro atoms. The fourth-order valence-electron chi connectivity index (χ4n) is 3.50. The molecule has 2 heterocycles. The third-order valence-corrected chi connectivity index (χ3v) is 5.73. The number of halogens is 4. The Balaban J connectivity index is 1.50. The van der Waals surface area contributed by atoms with E-state index < -0.39 is 11.7 Å².